The Bertz CT molecular complexity index is 458. The van der Waals surface area contributed by atoms with E-state index in [9.17, 15) is 5.11 Å². The number of ether oxygens (including phenoxy) is 1. The van der Waals surface area contributed by atoms with E-state index >= 15 is 0 Å². The first-order valence-electron chi connectivity index (χ1n) is 6.89. The minimum absolute atomic E-state index is 0.182. The Labute approximate surface area is 119 Å². The van der Waals surface area contributed by atoms with E-state index in [1.54, 1.807) is 0 Å². The molecule has 1 spiro atoms. The average Bonchev–Trinajstić information content (AvgIpc) is 3.16. The van der Waals surface area contributed by atoms with Crippen LogP contribution in [0.25, 0.3) is 0 Å². The first-order chi connectivity index (χ1) is 9.18. The fourth-order valence-electron chi connectivity index (χ4n) is 2.93. The molecule has 2 aliphatic rings. The quantitative estimate of drug-likeness (QED) is 0.816. The summed E-state index contributed by atoms with van der Waals surface area (Å²) >= 11 is 5.21. The van der Waals surface area contributed by atoms with Gasteiger partial charge in [-0.15, -0.1) is 0 Å². The fourth-order valence-corrected chi connectivity index (χ4v) is 3.20. The Hall–Kier alpha value is -1.13. The molecule has 4 heteroatoms. The lowest BCUT2D eigenvalue weighted by molar-refractivity contribution is 0.0428. The van der Waals surface area contributed by atoms with Crippen LogP contribution in [-0.4, -0.2) is 22.4 Å². The number of hydrogen-bond donors (Lipinski definition) is 2. The summed E-state index contributed by atoms with van der Waals surface area (Å²) in [5.74, 6) is 0.745. The molecule has 2 fully saturated rings. The Morgan fingerprint density at radius 1 is 1.26 bits per heavy atom. The van der Waals surface area contributed by atoms with Gasteiger partial charge in [0.15, 0.2) is 0 Å². The van der Waals surface area contributed by atoms with Crippen molar-refractivity contribution in [1.82, 2.24) is 5.32 Å². The number of aliphatic hydroxyl groups excluding tert-OH is 1. The van der Waals surface area contributed by atoms with Gasteiger partial charge in [-0.05, 0) is 61.9 Å². The molecule has 2 atom stereocenters. The van der Waals surface area contributed by atoms with Gasteiger partial charge in [0.2, 0.25) is 0 Å². The predicted octanol–water partition coefficient (Wildman–Crippen LogP) is 2.63. The van der Waals surface area contributed by atoms with Crippen molar-refractivity contribution in [2.24, 2.45) is 5.41 Å². The van der Waals surface area contributed by atoms with Crippen LogP contribution in [0, 0.1) is 5.41 Å². The van der Waals surface area contributed by atoms with Gasteiger partial charge in [-0.3, -0.25) is 0 Å². The second-order valence-electron chi connectivity index (χ2n) is 5.70. The van der Waals surface area contributed by atoms with Gasteiger partial charge in [0.1, 0.15) is 5.75 Å². The second kappa shape index (κ2) is 5.10. The highest BCUT2D eigenvalue weighted by molar-refractivity contribution is 7.80. The van der Waals surface area contributed by atoms with Gasteiger partial charge in [0.05, 0.1) is 6.10 Å². The molecule has 0 bridgehead atoms. The predicted molar refractivity (Wildman–Crippen MR) is 78.1 cm³/mol. The van der Waals surface area contributed by atoms with Crippen LogP contribution in [0.15, 0.2) is 30.3 Å². The first-order valence-corrected chi connectivity index (χ1v) is 7.30. The summed E-state index contributed by atoms with van der Waals surface area (Å²) in [6.45, 7) is 0. The van der Waals surface area contributed by atoms with E-state index in [1.165, 1.54) is 12.8 Å². The maximum absolute atomic E-state index is 10.1. The van der Waals surface area contributed by atoms with Crippen molar-refractivity contribution in [2.45, 2.75) is 44.2 Å². The van der Waals surface area contributed by atoms with Crippen molar-refractivity contribution in [3.63, 3.8) is 0 Å². The molecule has 3 rings (SSSR count). The summed E-state index contributed by atoms with van der Waals surface area (Å²) in [6, 6.07) is 9.76. The van der Waals surface area contributed by atoms with Crippen molar-refractivity contribution in [2.75, 3.05) is 0 Å². The van der Waals surface area contributed by atoms with Crippen LogP contribution in [0.1, 0.15) is 32.1 Å². The van der Waals surface area contributed by atoms with Crippen molar-refractivity contribution < 1.29 is 9.84 Å². The van der Waals surface area contributed by atoms with E-state index in [4.69, 9.17) is 17.0 Å². The lowest BCUT2D eigenvalue weighted by Gasteiger charge is -2.34. The number of benzene rings is 1. The molecule has 0 heterocycles. The van der Waals surface area contributed by atoms with Crippen LogP contribution >= 0.6 is 12.2 Å². The molecule has 19 heavy (non-hydrogen) atoms. The van der Waals surface area contributed by atoms with Crippen molar-refractivity contribution in [1.29, 1.82) is 0 Å². The number of hydrogen-bond acceptors (Lipinski definition) is 3. The highest BCUT2D eigenvalue weighted by Crippen LogP contribution is 2.56. The normalized spacial score (nSPS) is 27.8. The Balaban J connectivity index is 1.50. The maximum atomic E-state index is 10.1. The molecule has 1 aromatic rings. The van der Waals surface area contributed by atoms with Crippen LogP contribution < -0.4 is 10.1 Å². The lowest BCUT2D eigenvalue weighted by atomic mass is 9.81. The van der Waals surface area contributed by atoms with E-state index < -0.39 is 0 Å². The highest BCUT2D eigenvalue weighted by Gasteiger charge is 2.51. The third-order valence-electron chi connectivity index (χ3n) is 4.37. The topological polar surface area (TPSA) is 41.5 Å². The molecular weight excluding hydrogens is 258 g/mol. The second-order valence-corrected chi connectivity index (χ2v) is 6.07. The van der Waals surface area contributed by atoms with Crippen LogP contribution in [0.2, 0.25) is 0 Å². The Morgan fingerprint density at radius 3 is 2.63 bits per heavy atom. The summed E-state index contributed by atoms with van der Waals surface area (Å²) in [5, 5.41) is 13.8. The molecule has 2 aliphatic carbocycles. The fraction of sp³-hybridized carbons (Fsp3) is 0.533. The summed E-state index contributed by atoms with van der Waals surface area (Å²) in [5.41, 5.74) is 0.250. The maximum Gasteiger partial charge on any atom is 0.262 e. The highest BCUT2D eigenvalue weighted by atomic mass is 32.1. The molecule has 0 amide bonds. The number of nitrogens with one attached hydrogen (secondary N) is 1. The summed E-state index contributed by atoms with van der Waals surface area (Å²) in [6.07, 6.45) is 5.13. The molecule has 0 saturated heterocycles. The van der Waals surface area contributed by atoms with Gasteiger partial charge in [0.25, 0.3) is 5.17 Å². The van der Waals surface area contributed by atoms with Gasteiger partial charge < -0.3 is 15.2 Å². The van der Waals surface area contributed by atoms with Crippen molar-refractivity contribution in [3.8, 4) is 5.75 Å². The molecule has 0 radical (unpaired) electrons. The van der Waals surface area contributed by atoms with E-state index in [2.05, 4.69) is 5.32 Å². The SMILES string of the molecule is OC1CC(NC(=S)Oc2ccccc2)CCC12CC2. The van der Waals surface area contributed by atoms with E-state index in [0.717, 1.165) is 25.0 Å². The van der Waals surface area contributed by atoms with Crippen LogP contribution in [0.4, 0.5) is 0 Å². The lowest BCUT2D eigenvalue weighted by Crippen LogP contribution is -2.44. The van der Waals surface area contributed by atoms with Gasteiger partial charge in [-0.1, -0.05) is 18.2 Å². The van der Waals surface area contributed by atoms with Crippen LogP contribution in [0.5, 0.6) is 5.75 Å². The molecule has 0 aromatic heterocycles. The zero-order valence-corrected chi connectivity index (χ0v) is 11.7. The van der Waals surface area contributed by atoms with Crippen molar-refractivity contribution in [3.05, 3.63) is 30.3 Å². The number of aliphatic hydroxyl groups is 1. The van der Waals surface area contributed by atoms with E-state index in [0.29, 0.717) is 5.17 Å². The minimum atomic E-state index is -0.182. The smallest absolute Gasteiger partial charge is 0.262 e. The van der Waals surface area contributed by atoms with Crippen LogP contribution in [0.3, 0.4) is 0 Å². The van der Waals surface area contributed by atoms with Gasteiger partial charge in [0, 0.05) is 6.04 Å². The minimum Gasteiger partial charge on any atom is -0.432 e. The molecule has 1 aromatic carbocycles. The van der Waals surface area contributed by atoms with Gasteiger partial charge in [-0.25, -0.2) is 0 Å². The molecular formula is C15H19NO2S. The first kappa shape index (κ1) is 12.9. The largest absolute Gasteiger partial charge is 0.432 e. The summed E-state index contributed by atoms with van der Waals surface area (Å²) < 4.78 is 5.56. The summed E-state index contributed by atoms with van der Waals surface area (Å²) in [4.78, 5) is 0. The Kier molecular flexibility index (Phi) is 3.46. The third kappa shape index (κ3) is 2.90. The van der Waals surface area contributed by atoms with E-state index in [1.807, 2.05) is 30.3 Å². The van der Waals surface area contributed by atoms with Crippen molar-refractivity contribution >= 4 is 17.4 Å². The van der Waals surface area contributed by atoms with Gasteiger partial charge in [-0.2, -0.15) is 0 Å². The zero-order valence-electron chi connectivity index (χ0n) is 10.8. The summed E-state index contributed by atoms with van der Waals surface area (Å²) in [7, 11) is 0. The standard InChI is InChI=1S/C15H19NO2S/c17-13-10-11(6-7-15(13)8-9-15)16-14(19)18-12-4-2-1-3-5-12/h1-5,11,13,17H,6-10H2,(H,16,19). The third-order valence-corrected chi connectivity index (χ3v) is 4.57. The zero-order chi connectivity index (χ0) is 13.3. The average molecular weight is 277 g/mol. The number of thiocarbonyl (C=S) groups is 1. The molecule has 2 saturated carbocycles. The van der Waals surface area contributed by atoms with E-state index in [-0.39, 0.29) is 17.6 Å². The number of para-hydroxylation sites is 1. The molecule has 102 valence electrons. The molecule has 0 aliphatic heterocycles. The number of rotatable bonds is 2. The Morgan fingerprint density at radius 2 is 2.00 bits per heavy atom. The molecule has 2 N–H and O–H groups in total. The van der Waals surface area contributed by atoms with Gasteiger partial charge >= 0.3 is 0 Å². The molecule has 3 nitrogen and oxygen atoms in total. The van der Waals surface area contributed by atoms with Crippen LogP contribution in [-0.2, 0) is 0 Å². The monoisotopic (exact) mass is 277 g/mol. The molecule has 2 unspecified atom stereocenters.